The first-order chi connectivity index (χ1) is 13.6. The summed E-state index contributed by atoms with van der Waals surface area (Å²) in [6.07, 6.45) is 7.02. The second-order valence-electron chi connectivity index (χ2n) is 6.78. The van der Waals surface area contributed by atoms with Gasteiger partial charge in [-0.1, -0.05) is 0 Å². The van der Waals surface area contributed by atoms with Crippen LogP contribution in [0.15, 0.2) is 36.8 Å². The van der Waals surface area contributed by atoms with Crippen LogP contribution in [0.3, 0.4) is 0 Å². The summed E-state index contributed by atoms with van der Waals surface area (Å²) in [5.74, 6) is 0.800. The van der Waals surface area contributed by atoms with Crippen molar-refractivity contribution in [3.8, 4) is 0 Å². The number of aromatic nitrogens is 4. The number of hydrogen-bond acceptors (Lipinski definition) is 7. The molecular weight excluding hydrogens is 361 g/mol. The van der Waals surface area contributed by atoms with E-state index >= 15 is 0 Å². The molecule has 0 atom stereocenters. The minimum absolute atomic E-state index is 0.243. The van der Waals surface area contributed by atoms with Gasteiger partial charge in [0.2, 0.25) is 5.95 Å². The van der Waals surface area contributed by atoms with Crippen LogP contribution in [0.25, 0.3) is 0 Å². The van der Waals surface area contributed by atoms with Gasteiger partial charge in [-0.2, -0.15) is 10.1 Å². The van der Waals surface area contributed by atoms with E-state index in [0.29, 0.717) is 30.7 Å². The van der Waals surface area contributed by atoms with E-state index in [0.717, 1.165) is 24.1 Å². The molecule has 28 heavy (non-hydrogen) atoms. The van der Waals surface area contributed by atoms with Gasteiger partial charge in [-0.15, -0.1) is 0 Å². The fourth-order valence-electron chi connectivity index (χ4n) is 3.24. The van der Waals surface area contributed by atoms with Crippen molar-refractivity contribution in [2.45, 2.75) is 18.8 Å². The first-order valence-corrected chi connectivity index (χ1v) is 9.11. The zero-order chi connectivity index (χ0) is 19.5. The van der Waals surface area contributed by atoms with Crippen molar-refractivity contribution in [3.63, 3.8) is 0 Å². The monoisotopic (exact) mass is 383 g/mol. The molecule has 0 bridgehead atoms. The molecule has 3 aromatic rings. The Labute approximate surface area is 161 Å². The second kappa shape index (κ2) is 7.81. The predicted molar refractivity (Wildman–Crippen MR) is 105 cm³/mol. The standard InChI is InChI=1S/C19H22FN7O/c1-27-11-14(9-23-27)24-19-22-10-15(12-4-6-28-7-5-12)18(26-19)25-17-8-13(21)2-3-16(17)20/h2-3,8-12H,4-7,21H2,1H3,(H2,22,24,25,26). The van der Waals surface area contributed by atoms with Crippen LogP contribution in [-0.4, -0.2) is 33.0 Å². The summed E-state index contributed by atoms with van der Waals surface area (Å²) in [4.78, 5) is 9.04. The number of aryl methyl sites for hydroxylation is 1. The largest absolute Gasteiger partial charge is 0.399 e. The van der Waals surface area contributed by atoms with Gasteiger partial charge >= 0.3 is 0 Å². The number of hydrogen-bond donors (Lipinski definition) is 3. The Morgan fingerprint density at radius 1 is 1.21 bits per heavy atom. The van der Waals surface area contributed by atoms with E-state index in [4.69, 9.17) is 10.5 Å². The number of rotatable bonds is 5. The van der Waals surface area contributed by atoms with Crippen molar-refractivity contribution in [3.05, 3.63) is 48.2 Å². The normalized spacial score (nSPS) is 14.8. The summed E-state index contributed by atoms with van der Waals surface area (Å²) in [7, 11) is 1.83. The molecule has 8 nitrogen and oxygen atoms in total. The van der Waals surface area contributed by atoms with Crippen molar-refractivity contribution in [1.82, 2.24) is 19.7 Å². The molecule has 2 aromatic heterocycles. The molecule has 0 radical (unpaired) electrons. The molecule has 1 fully saturated rings. The number of nitrogens with two attached hydrogens (primary N) is 1. The zero-order valence-corrected chi connectivity index (χ0v) is 15.5. The van der Waals surface area contributed by atoms with Crippen LogP contribution in [0, 0.1) is 5.82 Å². The van der Waals surface area contributed by atoms with Crippen molar-refractivity contribution in [1.29, 1.82) is 0 Å². The highest BCUT2D eigenvalue weighted by Crippen LogP contribution is 2.34. The molecule has 0 unspecified atom stereocenters. The minimum Gasteiger partial charge on any atom is -0.399 e. The molecular formula is C19H22FN7O. The molecule has 0 amide bonds. The number of nitrogens with one attached hydrogen (secondary N) is 2. The smallest absolute Gasteiger partial charge is 0.229 e. The van der Waals surface area contributed by atoms with Gasteiger partial charge < -0.3 is 21.1 Å². The molecule has 1 saturated heterocycles. The number of nitrogens with zero attached hydrogens (tertiary/aromatic N) is 4. The lowest BCUT2D eigenvalue weighted by Crippen LogP contribution is -2.16. The maximum Gasteiger partial charge on any atom is 0.229 e. The number of halogens is 1. The lowest BCUT2D eigenvalue weighted by atomic mass is 9.93. The molecule has 146 valence electrons. The lowest BCUT2D eigenvalue weighted by Gasteiger charge is -2.24. The number of nitrogen functional groups attached to an aromatic ring is 1. The van der Waals surface area contributed by atoms with Gasteiger partial charge in [-0.05, 0) is 37.0 Å². The van der Waals surface area contributed by atoms with E-state index < -0.39 is 5.82 Å². The summed E-state index contributed by atoms with van der Waals surface area (Å²) in [6, 6.07) is 4.41. The minimum atomic E-state index is -0.396. The summed E-state index contributed by atoms with van der Waals surface area (Å²) >= 11 is 0. The summed E-state index contributed by atoms with van der Waals surface area (Å²) < 4.78 is 21.4. The van der Waals surface area contributed by atoms with Gasteiger partial charge in [0.1, 0.15) is 11.6 Å². The van der Waals surface area contributed by atoms with E-state index in [1.165, 1.54) is 12.1 Å². The van der Waals surface area contributed by atoms with Gasteiger partial charge in [-0.3, -0.25) is 4.68 Å². The van der Waals surface area contributed by atoms with Crippen LogP contribution < -0.4 is 16.4 Å². The van der Waals surface area contributed by atoms with Gasteiger partial charge in [0.25, 0.3) is 0 Å². The molecule has 1 aromatic carbocycles. The maximum atomic E-state index is 14.3. The van der Waals surface area contributed by atoms with Gasteiger partial charge in [-0.25, -0.2) is 9.37 Å². The second-order valence-corrected chi connectivity index (χ2v) is 6.78. The topological polar surface area (TPSA) is 103 Å². The molecule has 0 spiro atoms. The fraction of sp³-hybridized carbons (Fsp3) is 0.316. The fourth-order valence-corrected chi connectivity index (χ4v) is 3.24. The van der Waals surface area contributed by atoms with Crippen molar-refractivity contribution >= 4 is 28.8 Å². The Morgan fingerprint density at radius 3 is 2.79 bits per heavy atom. The van der Waals surface area contributed by atoms with E-state index in [2.05, 4.69) is 25.7 Å². The number of ether oxygens (including phenoxy) is 1. The summed E-state index contributed by atoms with van der Waals surface area (Å²) in [5.41, 5.74) is 8.27. The Hall–Kier alpha value is -3.20. The third-order valence-corrected chi connectivity index (χ3v) is 4.68. The Balaban J connectivity index is 1.68. The van der Waals surface area contributed by atoms with Crippen LogP contribution in [0.1, 0.15) is 24.3 Å². The highest BCUT2D eigenvalue weighted by atomic mass is 19.1. The maximum absolute atomic E-state index is 14.3. The van der Waals surface area contributed by atoms with E-state index in [-0.39, 0.29) is 11.6 Å². The SMILES string of the molecule is Cn1cc(Nc2ncc(C3CCOCC3)c(Nc3cc(N)ccc3F)n2)cn1. The molecule has 1 aliphatic heterocycles. The molecule has 0 saturated carbocycles. The average molecular weight is 383 g/mol. The van der Waals surface area contributed by atoms with Crippen LogP contribution in [0.2, 0.25) is 0 Å². The summed E-state index contributed by atoms with van der Waals surface area (Å²) in [6.45, 7) is 1.37. The highest BCUT2D eigenvalue weighted by molar-refractivity contribution is 5.66. The van der Waals surface area contributed by atoms with E-state index in [1.807, 2.05) is 13.2 Å². The van der Waals surface area contributed by atoms with Crippen LogP contribution in [-0.2, 0) is 11.8 Å². The quantitative estimate of drug-likeness (QED) is 0.581. The number of benzene rings is 1. The van der Waals surface area contributed by atoms with Crippen molar-refractivity contribution < 1.29 is 9.13 Å². The Morgan fingerprint density at radius 2 is 2.04 bits per heavy atom. The molecule has 4 rings (SSSR count). The molecule has 9 heteroatoms. The van der Waals surface area contributed by atoms with E-state index in [1.54, 1.807) is 23.1 Å². The first kappa shape index (κ1) is 18.2. The number of anilines is 5. The van der Waals surface area contributed by atoms with Gasteiger partial charge in [0.15, 0.2) is 0 Å². The van der Waals surface area contributed by atoms with Crippen LogP contribution in [0.5, 0.6) is 0 Å². The Kier molecular flexibility index (Phi) is 5.07. The predicted octanol–water partition coefficient (Wildman–Crippen LogP) is 3.31. The molecule has 4 N–H and O–H groups in total. The van der Waals surface area contributed by atoms with Crippen molar-refractivity contribution in [2.75, 3.05) is 29.6 Å². The van der Waals surface area contributed by atoms with Crippen molar-refractivity contribution in [2.24, 2.45) is 7.05 Å². The average Bonchev–Trinajstić information content (AvgIpc) is 3.10. The molecule has 3 heterocycles. The Bertz CT molecular complexity index is 969. The third-order valence-electron chi connectivity index (χ3n) is 4.68. The van der Waals surface area contributed by atoms with Gasteiger partial charge in [0.05, 0.1) is 17.6 Å². The lowest BCUT2D eigenvalue weighted by molar-refractivity contribution is 0.0853. The molecule has 1 aliphatic rings. The highest BCUT2D eigenvalue weighted by Gasteiger charge is 2.22. The van der Waals surface area contributed by atoms with E-state index in [9.17, 15) is 4.39 Å². The summed E-state index contributed by atoms with van der Waals surface area (Å²) in [5, 5.41) is 10.3. The first-order valence-electron chi connectivity index (χ1n) is 9.11. The van der Waals surface area contributed by atoms with Crippen LogP contribution in [0.4, 0.5) is 33.2 Å². The van der Waals surface area contributed by atoms with Gasteiger partial charge in [0, 0.05) is 43.9 Å². The third kappa shape index (κ3) is 4.04. The zero-order valence-electron chi connectivity index (χ0n) is 15.5. The van der Waals surface area contributed by atoms with Crippen LogP contribution >= 0.6 is 0 Å². The molecule has 0 aliphatic carbocycles.